The first-order chi connectivity index (χ1) is 34.8. The van der Waals surface area contributed by atoms with Gasteiger partial charge in [0.05, 0.1) is 24.9 Å². The highest BCUT2D eigenvalue weighted by Gasteiger charge is 2.54. The summed E-state index contributed by atoms with van der Waals surface area (Å²) in [5.41, 5.74) is 0. The van der Waals surface area contributed by atoms with Crippen LogP contribution in [-0.2, 0) is 41.8 Å². The summed E-state index contributed by atoms with van der Waals surface area (Å²) in [5.74, 6) is -1.56. The Bertz CT molecular complexity index is 1780. The second kappa shape index (κ2) is 41.3. The molecular weight excluding hydrogens is 991 g/mol. The fourth-order valence-corrected chi connectivity index (χ4v) is 8.90. The summed E-state index contributed by atoms with van der Waals surface area (Å²) in [6, 6.07) is 0. The summed E-state index contributed by atoms with van der Waals surface area (Å²) >= 11 is 0. The predicted molar refractivity (Wildman–Crippen MR) is 277 cm³/mol. The van der Waals surface area contributed by atoms with Crippen LogP contribution in [0.25, 0.3) is 0 Å². The van der Waals surface area contributed by atoms with Gasteiger partial charge in [-0.25, -0.2) is 9.13 Å². The molecule has 0 aromatic rings. The molecule has 0 spiro atoms. The Labute approximate surface area is 432 Å². The number of phosphoric ester groups is 2. The lowest BCUT2D eigenvalue weighted by Gasteiger charge is -2.43. The topological polar surface area (TPSA) is 317 Å². The zero-order chi connectivity index (χ0) is 54.3. The zero-order valence-corrected chi connectivity index (χ0v) is 44.7. The molecule has 1 fully saturated rings. The Kier molecular flexibility index (Phi) is 38.5. The first-order valence-corrected chi connectivity index (χ1v) is 29.0. The number of ether oxygens (including phenoxy) is 2. The maximum absolute atomic E-state index is 13.0. The standard InChI is InChI=1S/C52H88O19P2/c1-3-5-7-8-9-10-11-12-13-14-15-16-17-18-19-20-21-22-27-31-37-45(56)67-39-42(40-68-73(65,66)71-52-49(60)47(58)48(59)51(50(52)61)70-72(62,63)64)69-46(57)38-32-36-44(55)43(54)35-30-26-24-23-25-29-34-41(53)33-28-6-4-2/h10-11,13-14,16-17,23-26,29-30,34-35,41-44,47-55,58-61H,3-9,12,15,18-22,27-28,31-33,36-40H2,1-2H3,(H,65,66)(H2,62,63,64)/b11-10-,14-13-,17-16-,25-23-,26-24+,34-29+,35-30+/t41-,42+,43-,44-,47?,48?,49?,50?,51+,52-/m0/s1. The van der Waals surface area contributed by atoms with Gasteiger partial charge < -0.3 is 59.9 Å². The molecule has 1 saturated carbocycles. The Morgan fingerprint density at radius 2 is 1.04 bits per heavy atom. The molecule has 1 aliphatic rings. The number of carbonyl (C=O) groups is 2. The van der Waals surface area contributed by atoms with Gasteiger partial charge in [0.15, 0.2) is 6.10 Å². The number of hydrogen-bond donors (Lipinski definition) is 10. The van der Waals surface area contributed by atoms with Crippen LogP contribution in [0.4, 0.5) is 0 Å². The van der Waals surface area contributed by atoms with E-state index in [1.807, 2.05) is 0 Å². The van der Waals surface area contributed by atoms with Gasteiger partial charge in [0, 0.05) is 12.8 Å². The van der Waals surface area contributed by atoms with Gasteiger partial charge in [0.2, 0.25) is 0 Å². The predicted octanol–water partition coefficient (Wildman–Crippen LogP) is 7.48. The van der Waals surface area contributed by atoms with Crippen molar-refractivity contribution in [1.29, 1.82) is 0 Å². The van der Waals surface area contributed by atoms with E-state index in [4.69, 9.17) is 18.5 Å². The number of allylic oxidation sites excluding steroid dienone is 12. The molecule has 0 bridgehead atoms. The fourth-order valence-electron chi connectivity index (χ4n) is 7.36. The van der Waals surface area contributed by atoms with Crippen molar-refractivity contribution in [3.05, 3.63) is 85.1 Å². The smallest absolute Gasteiger partial charge is 0.462 e. The Morgan fingerprint density at radius 3 is 1.64 bits per heavy atom. The molecule has 0 aromatic heterocycles. The lowest BCUT2D eigenvalue weighted by atomic mass is 9.85. The van der Waals surface area contributed by atoms with Crippen molar-refractivity contribution in [2.45, 2.75) is 216 Å². The van der Waals surface area contributed by atoms with E-state index < -0.39 is 102 Å². The van der Waals surface area contributed by atoms with Gasteiger partial charge in [-0.3, -0.25) is 23.2 Å². The Hall–Kier alpha value is -2.94. The largest absolute Gasteiger partial charge is 0.472 e. The molecular formula is C52H88O19P2. The van der Waals surface area contributed by atoms with Gasteiger partial charge >= 0.3 is 27.6 Å². The van der Waals surface area contributed by atoms with Crippen LogP contribution in [0.5, 0.6) is 0 Å². The lowest BCUT2D eigenvalue weighted by molar-refractivity contribution is -0.216. The number of hydrogen-bond acceptors (Lipinski definition) is 16. The number of unbranched alkanes of at least 4 members (excludes halogenated alkanes) is 12. The molecule has 21 heteroatoms. The van der Waals surface area contributed by atoms with E-state index in [-0.39, 0.29) is 25.7 Å². The number of esters is 2. The lowest BCUT2D eigenvalue weighted by Crippen LogP contribution is -2.64. The third kappa shape index (κ3) is 35.1. The summed E-state index contributed by atoms with van der Waals surface area (Å²) in [5, 5.41) is 72.0. The van der Waals surface area contributed by atoms with Crippen molar-refractivity contribution in [2.24, 2.45) is 0 Å². The molecule has 0 aliphatic heterocycles. The van der Waals surface area contributed by atoms with Crippen LogP contribution in [0.1, 0.15) is 155 Å². The van der Waals surface area contributed by atoms with Crippen molar-refractivity contribution < 1.29 is 92.2 Å². The molecule has 0 heterocycles. The van der Waals surface area contributed by atoms with Gasteiger partial charge in [0.25, 0.3) is 0 Å². The molecule has 0 radical (unpaired) electrons. The van der Waals surface area contributed by atoms with E-state index in [0.717, 1.165) is 77.0 Å². The van der Waals surface area contributed by atoms with Gasteiger partial charge in [-0.15, -0.1) is 0 Å². The van der Waals surface area contributed by atoms with Crippen molar-refractivity contribution in [2.75, 3.05) is 13.2 Å². The number of aliphatic hydroxyl groups excluding tert-OH is 7. The first-order valence-electron chi connectivity index (χ1n) is 26.0. The highest BCUT2D eigenvalue weighted by atomic mass is 31.2. The van der Waals surface area contributed by atoms with Crippen molar-refractivity contribution in [3.8, 4) is 0 Å². The zero-order valence-electron chi connectivity index (χ0n) is 42.9. The molecule has 0 amide bonds. The molecule has 1 aliphatic carbocycles. The van der Waals surface area contributed by atoms with Crippen LogP contribution in [0.2, 0.25) is 0 Å². The Balaban J connectivity index is 2.70. The highest BCUT2D eigenvalue weighted by molar-refractivity contribution is 7.47. The summed E-state index contributed by atoms with van der Waals surface area (Å²) in [7, 11) is -10.8. The van der Waals surface area contributed by atoms with Crippen LogP contribution in [0, 0.1) is 0 Å². The van der Waals surface area contributed by atoms with Gasteiger partial charge in [-0.2, -0.15) is 0 Å². The number of carbonyl (C=O) groups excluding carboxylic acids is 2. The monoisotopic (exact) mass is 1080 g/mol. The molecule has 1 rings (SSSR count). The van der Waals surface area contributed by atoms with E-state index in [9.17, 15) is 69.1 Å². The Morgan fingerprint density at radius 1 is 0.534 bits per heavy atom. The minimum Gasteiger partial charge on any atom is -0.462 e. The maximum Gasteiger partial charge on any atom is 0.472 e. The van der Waals surface area contributed by atoms with Crippen LogP contribution >= 0.6 is 15.6 Å². The molecule has 420 valence electrons. The number of rotatable bonds is 42. The highest BCUT2D eigenvalue weighted by Crippen LogP contribution is 2.49. The normalized spacial score (nSPS) is 22.6. The molecule has 0 aromatic carbocycles. The third-order valence-corrected chi connectivity index (χ3v) is 13.1. The fraction of sp³-hybridized carbons (Fsp3) is 0.692. The molecule has 10 N–H and O–H groups in total. The molecule has 19 nitrogen and oxygen atoms in total. The van der Waals surface area contributed by atoms with E-state index in [1.54, 1.807) is 36.5 Å². The number of phosphoric acid groups is 2. The van der Waals surface area contributed by atoms with Crippen molar-refractivity contribution >= 4 is 27.6 Å². The summed E-state index contributed by atoms with van der Waals surface area (Å²) in [4.78, 5) is 54.5. The second-order valence-electron chi connectivity index (χ2n) is 18.1. The SMILES string of the molecule is CCCCCC/C=C\C/C=C\C/C=C\CCCCCCCCC(=O)OC[C@H](COP(=O)(O)O[C@H]1C(O)C(O)C(O)[C@@H](OP(=O)(O)O)C1O)OC(=O)CCC[C@H](O)[C@@H](O)/C=C/C=C/C=C\C=C\[C@@H](O)CCCCC. The average molecular weight is 1080 g/mol. The van der Waals surface area contributed by atoms with E-state index in [2.05, 4.69) is 54.8 Å². The van der Waals surface area contributed by atoms with Gasteiger partial charge in [0.1, 0.15) is 43.2 Å². The van der Waals surface area contributed by atoms with E-state index in [1.165, 1.54) is 37.8 Å². The molecule has 5 unspecified atom stereocenters. The van der Waals surface area contributed by atoms with E-state index >= 15 is 0 Å². The van der Waals surface area contributed by atoms with Crippen LogP contribution in [0.3, 0.4) is 0 Å². The minimum absolute atomic E-state index is 0.0183. The summed E-state index contributed by atoms with van der Waals surface area (Å²) < 4.78 is 49.2. The second-order valence-corrected chi connectivity index (χ2v) is 20.7. The first kappa shape index (κ1) is 68.1. The van der Waals surface area contributed by atoms with Gasteiger partial charge in [-0.05, 0) is 64.2 Å². The summed E-state index contributed by atoms with van der Waals surface area (Å²) in [6.45, 7) is 2.70. The number of aliphatic hydroxyl groups is 7. The van der Waals surface area contributed by atoms with Crippen LogP contribution < -0.4 is 0 Å². The maximum atomic E-state index is 13.0. The molecule has 11 atom stereocenters. The summed E-state index contributed by atoms with van der Waals surface area (Å²) in [6.07, 6.45) is 25.7. The van der Waals surface area contributed by atoms with Crippen LogP contribution in [0.15, 0.2) is 85.1 Å². The van der Waals surface area contributed by atoms with E-state index in [0.29, 0.717) is 12.8 Å². The van der Waals surface area contributed by atoms with Gasteiger partial charge in [-0.1, -0.05) is 163 Å². The minimum atomic E-state index is -5.42. The molecule has 73 heavy (non-hydrogen) atoms. The van der Waals surface area contributed by atoms with Crippen molar-refractivity contribution in [1.82, 2.24) is 0 Å². The quantitative estimate of drug-likeness (QED) is 0.00931. The third-order valence-electron chi connectivity index (χ3n) is 11.6. The van der Waals surface area contributed by atoms with Crippen molar-refractivity contribution in [3.63, 3.8) is 0 Å². The molecule has 0 saturated heterocycles. The average Bonchev–Trinajstić information content (AvgIpc) is 3.34. The van der Waals surface area contributed by atoms with Crippen LogP contribution in [-0.4, -0.2) is 137 Å².